The van der Waals surface area contributed by atoms with Gasteiger partial charge in [0, 0.05) is 30.3 Å². The van der Waals surface area contributed by atoms with E-state index in [0.29, 0.717) is 28.1 Å². The molecule has 5 rings (SSSR count). The molecule has 1 N–H and O–H groups in total. The number of H-pyrrole nitrogens is 1. The van der Waals surface area contributed by atoms with Crippen molar-refractivity contribution in [2.24, 2.45) is 5.92 Å². The van der Waals surface area contributed by atoms with Gasteiger partial charge in [-0.05, 0) is 43.5 Å². The Morgan fingerprint density at radius 2 is 1.90 bits per heavy atom. The molecule has 2 aromatic heterocycles. The molecule has 1 aliphatic heterocycles. The molecule has 154 valence electrons. The SMILES string of the molecule is Cc1cccc(F)c1-c1ncc2[nH]nc(-c3ccc(N4CCC(C#N)CC4)cc3)c2n1. The quantitative estimate of drug-likeness (QED) is 0.519. The van der Waals surface area contributed by atoms with Crippen LogP contribution in [0, 0.1) is 30.0 Å². The molecule has 0 bridgehead atoms. The highest BCUT2D eigenvalue weighted by Gasteiger charge is 2.20. The first-order valence-corrected chi connectivity index (χ1v) is 10.4. The van der Waals surface area contributed by atoms with Gasteiger partial charge in [-0.3, -0.25) is 5.10 Å². The third kappa shape index (κ3) is 3.50. The summed E-state index contributed by atoms with van der Waals surface area (Å²) in [6, 6.07) is 15.5. The summed E-state index contributed by atoms with van der Waals surface area (Å²) in [5.74, 6) is 0.176. The molecule has 1 fully saturated rings. The van der Waals surface area contributed by atoms with Gasteiger partial charge in [0.2, 0.25) is 0 Å². The number of fused-ring (bicyclic) bond motifs is 1. The van der Waals surface area contributed by atoms with Gasteiger partial charge in [-0.15, -0.1) is 0 Å². The Balaban J connectivity index is 1.47. The maximum Gasteiger partial charge on any atom is 0.163 e. The largest absolute Gasteiger partial charge is 0.371 e. The van der Waals surface area contributed by atoms with Crippen molar-refractivity contribution in [3.8, 4) is 28.7 Å². The maximum atomic E-state index is 14.4. The van der Waals surface area contributed by atoms with Crippen LogP contribution >= 0.6 is 0 Å². The summed E-state index contributed by atoms with van der Waals surface area (Å²) in [5, 5.41) is 16.5. The summed E-state index contributed by atoms with van der Waals surface area (Å²) >= 11 is 0. The summed E-state index contributed by atoms with van der Waals surface area (Å²) in [5.41, 5.74) is 5.34. The number of rotatable bonds is 3. The molecule has 0 atom stereocenters. The highest BCUT2D eigenvalue weighted by atomic mass is 19.1. The Kier molecular flexibility index (Phi) is 4.83. The minimum atomic E-state index is -0.339. The number of aromatic nitrogens is 4. The average Bonchev–Trinajstić information content (AvgIpc) is 3.23. The molecule has 0 amide bonds. The lowest BCUT2D eigenvalue weighted by atomic mass is 9.98. The number of halogens is 1. The van der Waals surface area contributed by atoms with Crippen molar-refractivity contribution in [2.75, 3.05) is 18.0 Å². The first kappa shape index (κ1) is 19.2. The van der Waals surface area contributed by atoms with E-state index in [2.05, 4.69) is 43.3 Å². The molecular formula is C24H21FN6. The van der Waals surface area contributed by atoms with Crippen LogP contribution in [0.2, 0.25) is 0 Å². The summed E-state index contributed by atoms with van der Waals surface area (Å²) in [6.07, 6.45) is 3.45. The first-order valence-electron chi connectivity index (χ1n) is 10.4. The highest BCUT2D eigenvalue weighted by molar-refractivity contribution is 5.90. The highest BCUT2D eigenvalue weighted by Crippen LogP contribution is 2.30. The fourth-order valence-electron chi connectivity index (χ4n) is 4.15. The number of nitrogens with zero attached hydrogens (tertiary/aromatic N) is 5. The molecule has 0 aliphatic carbocycles. The predicted octanol–water partition coefficient (Wildman–Crippen LogP) is 4.87. The van der Waals surface area contributed by atoms with E-state index in [1.807, 2.05) is 25.1 Å². The van der Waals surface area contributed by atoms with Crippen molar-refractivity contribution in [3.63, 3.8) is 0 Å². The number of aromatic amines is 1. The third-order valence-corrected chi connectivity index (χ3v) is 5.93. The zero-order valence-corrected chi connectivity index (χ0v) is 17.1. The summed E-state index contributed by atoms with van der Waals surface area (Å²) in [6.45, 7) is 3.63. The normalized spacial score (nSPS) is 14.7. The molecule has 0 unspecified atom stereocenters. The lowest BCUT2D eigenvalue weighted by molar-refractivity contribution is 0.488. The van der Waals surface area contributed by atoms with Crippen LogP contribution in [0.25, 0.3) is 33.7 Å². The second-order valence-electron chi connectivity index (χ2n) is 7.90. The Hall–Kier alpha value is -3.79. The van der Waals surface area contributed by atoms with Crippen LogP contribution in [0.3, 0.4) is 0 Å². The molecule has 1 saturated heterocycles. The molecule has 0 radical (unpaired) electrons. The third-order valence-electron chi connectivity index (χ3n) is 5.93. The van der Waals surface area contributed by atoms with Gasteiger partial charge in [-0.1, -0.05) is 24.3 Å². The molecule has 31 heavy (non-hydrogen) atoms. The van der Waals surface area contributed by atoms with Crippen LogP contribution in [0.4, 0.5) is 10.1 Å². The zero-order chi connectivity index (χ0) is 21.4. The summed E-state index contributed by atoms with van der Waals surface area (Å²) < 4.78 is 14.4. The topological polar surface area (TPSA) is 81.5 Å². The van der Waals surface area contributed by atoms with E-state index in [1.54, 1.807) is 12.3 Å². The number of benzene rings is 2. The first-order chi connectivity index (χ1) is 15.1. The van der Waals surface area contributed by atoms with E-state index in [4.69, 9.17) is 5.26 Å². The van der Waals surface area contributed by atoms with Gasteiger partial charge >= 0.3 is 0 Å². The Bertz CT molecular complexity index is 1260. The van der Waals surface area contributed by atoms with Crippen molar-refractivity contribution >= 4 is 16.7 Å². The molecule has 2 aromatic carbocycles. The van der Waals surface area contributed by atoms with Gasteiger partial charge in [0.15, 0.2) is 5.82 Å². The van der Waals surface area contributed by atoms with Gasteiger partial charge in [0.25, 0.3) is 0 Å². The Morgan fingerprint density at radius 1 is 1.13 bits per heavy atom. The summed E-state index contributed by atoms with van der Waals surface area (Å²) in [7, 11) is 0. The van der Waals surface area contributed by atoms with Crippen LogP contribution in [0.1, 0.15) is 18.4 Å². The van der Waals surface area contributed by atoms with E-state index in [0.717, 1.165) is 42.7 Å². The molecule has 4 aromatic rings. The smallest absolute Gasteiger partial charge is 0.163 e. The molecule has 3 heterocycles. The van der Waals surface area contributed by atoms with Crippen molar-refractivity contribution in [3.05, 3.63) is 60.0 Å². The van der Waals surface area contributed by atoms with Gasteiger partial charge in [0.05, 0.1) is 17.8 Å². The molecule has 1 aliphatic rings. The minimum absolute atomic E-state index is 0.165. The van der Waals surface area contributed by atoms with E-state index in [9.17, 15) is 4.39 Å². The zero-order valence-electron chi connectivity index (χ0n) is 17.1. The summed E-state index contributed by atoms with van der Waals surface area (Å²) in [4.78, 5) is 11.3. The van der Waals surface area contributed by atoms with Gasteiger partial charge < -0.3 is 4.90 Å². The number of aryl methyl sites for hydroxylation is 1. The van der Waals surface area contributed by atoms with Crippen molar-refractivity contribution < 1.29 is 4.39 Å². The van der Waals surface area contributed by atoms with E-state index < -0.39 is 0 Å². The van der Waals surface area contributed by atoms with E-state index in [1.165, 1.54) is 6.07 Å². The van der Waals surface area contributed by atoms with Crippen LogP contribution in [-0.4, -0.2) is 33.3 Å². The van der Waals surface area contributed by atoms with Gasteiger partial charge in [-0.25, -0.2) is 14.4 Å². The van der Waals surface area contributed by atoms with Crippen LogP contribution in [0.15, 0.2) is 48.7 Å². The second kappa shape index (κ2) is 7.80. The molecule has 0 saturated carbocycles. The Labute approximate surface area is 179 Å². The number of piperidine rings is 1. The standard InChI is InChI=1S/C24H21FN6/c1-15-3-2-4-19(25)21(15)24-27-14-20-23(28-24)22(30-29-20)17-5-7-18(8-6-17)31-11-9-16(13-26)10-12-31/h2-8,14,16H,9-12H2,1H3,(H,29,30). The fraction of sp³-hybridized carbons (Fsp3) is 0.250. The van der Waals surface area contributed by atoms with E-state index in [-0.39, 0.29) is 11.7 Å². The number of nitrogens with one attached hydrogen (secondary N) is 1. The number of hydrogen-bond donors (Lipinski definition) is 1. The molecule has 6 nitrogen and oxygen atoms in total. The van der Waals surface area contributed by atoms with Crippen LogP contribution in [0.5, 0.6) is 0 Å². The van der Waals surface area contributed by atoms with Gasteiger partial charge in [-0.2, -0.15) is 10.4 Å². The lowest BCUT2D eigenvalue weighted by Crippen LogP contribution is -2.33. The molecule has 0 spiro atoms. The lowest BCUT2D eigenvalue weighted by Gasteiger charge is -2.31. The van der Waals surface area contributed by atoms with Crippen LogP contribution < -0.4 is 4.90 Å². The monoisotopic (exact) mass is 412 g/mol. The average molecular weight is 412 g/mol. The van der Waals surface area contributed by atoms with Crippen molar-refractivity contribution in [1.82, 2.24) is 20.2 Å². The molecule has 7 heteroatoms. The van der Waals surface area contributed by atoms with Gasteiger partial charge in [0.1, 0.15) is 22.5 Å². The predicted molar refractivity (Wildman–Crippen MR) is 118 cm³/mol. The van der Waals surface area contributed by atoms with Crippen molar-refractivity contribution in [2.45, 2.75) is 19.8 Å². The number of anilines is 1. The molecular weight excluding hydrogens is 391 g/mol. The minimum Gasteiger partial charge on any atom is -0.371 e. The second-order valence-corrected chi connectivity index (χ2v) is 7.90. The number of nitriles is 1. The number of hydrogen-bond acceptors (Lipinski definition) is 5. The fourth-order valence-corrected chi connectivity index (χ4v) is 4.15. The Morgan fingerprint density at radius 3 is 2.61 bits per heavy atom. The van der Waals surface area contributed by atoms with Crippen LogP contribution in [-0.2, 0) is 0 Å². The van der Waals surface area contributed by atoms with Crippen molar-refractivity contribution in [1.29, 1.82) is 5.26 Å². The maximum absolute atomic E-state index is 14.4. The van der Waals surface area contributed by atoms with E-state index >= 15 is 0 Å².